The summed E-state index contributed by atoms with van der Waals surface area (Å²) >= 11 is 0. The normalized spacial score (nSPS) is 19.9. The van der Waals surface area contributed by atoms with Crippen molar-refractivity contribution in [2.45, 2.75) is 12.6 Å². The summed E-state index contributed by atoms with van der Waals surface area (Å²) < 4.78 is 15.9. The Morgan fingerprint density at radius 2 is 2.44 bits per heavy atom. The van der Waals surface area contributed by atoms with Gasteiger partial charge in [0.2, 0.25) is 0 Å². The van der Waals surface area contributed by atoms with Crippen LogP contribution in [0.15, 0.2) is 12.3 Å². The van der Waals surface area contributed by atoms with Gasteiger partial charge < -0.3 is 19.5 Å². The lowest BCUT2D eigenvalue weighted by Gasteiger charge is -2.21. The molecule has 1 aromatic rings. The fraction of sp³-hybridized carbons (Fsp3) is 0.667. The SMILES string of the molecule is COCCNCc1ccnc(C2COCCO2)n1. The lowest BCUT2D eigenvalue weighted by Crippen LogP contribution is -2.24. The molecule has 2 heterocycles. The Kier molecular flexibility index (Phi) is 5.47. The first-order valence-corrected chi connectivity index (χ1v) is 6.11. The Morgan fingerprint density at radius 3 is 3.22 bits per heavy atom. The standard InChI is InChI=1S/C12H19N3O3/c1-16-5-4-13-8-10-2-3-14-12(15-10)11-9-17-6-7-18-11/h2-3,11,13H,4-9H2,1H3. The van der Waals surface area contributed by atoms with E-state index in [9.17, 15) is 0 Å². The number of hydrogen-bond acceptors (Lipinski definition) is 6. The number of nitrogens with zero attached hydrogens (tertiary/aromatic N) is 2. The summed E-state index contributed by atoms with van der Waals surface area (Å²) in [6.45, 7) is 3.97. The van der Waals surface area contributed by atoms with E-state index in [0.29, 0.717) is 38.8 Å². The van der Waals surface area contributed by atoms with Crippen LogP contribution in [0.5, 0.6) is 0 Å². The Bertz CT molecular complexity index is 356. The van der Waals surface area contributed by atoms with Crippen LogP contribution in [0.2, 0.25) is 0 Å². The third kappa shape index (κ3) is 3.99. The van der Waals surface area contributed by atoms with Crippen LogP contribution in [-0.2, 0) is 20.8 Å². The summed E-state index contributed by atoms with van der Waals surface area (Å²) in [7, 11) is 1.69. The number of methoxy groups -OCH3 is 1. The molecule has 0 radical (unpaired) electrons. The van der Waals surface area contributed by atoms with Crippen molar-refractivity contribution in [3.63, 3.8) is 0 Å². The topological polar surface area (TPSA) is 65.5 Å². The van der Waals surface area contributed by atoms with Crippen molar-refractivity contribution < 1.29 is 14.2 Å². The van der Waals surface area contributed by atoms with Gasteiger partial charge in [0.25, 0.3) is 0 Å². The maximum Gasteiger partial charge on any atom is 0.159 e. The van der Waals surface area contributed by atoms with E-state index in [1.54, 1.807) is 13.3 Å². The first-order chi connectivity index (χ1) is 8.90. The Balaban J connectivity index is 1.88. The molecule has 0 saturated carbocycles. The average Bonchev–Trinajstić information content (AvgIpc) is 2.45. The van der Waals surface area contributed by atoms with Crippen LogP contribution in [0.1, 0.15) is 17.6 Å². The zero-order valence-corrected chi connectivity index (χ0v) is 10.6. The zero-order valence-electron chi connectivity index (χ0n) is 10.6. The molecule has 6 heteroatoms. The first kappa shape index (κ1) is 13.4. The molecule has 100 valence electrons. The monoisotopic (exact) mass is 253 g/mol. The van der Waals surface area contributed by atoms with Crippen molar-refractivity contribution in [1.82, 2.24) is 15.3 Å². The second-order valence-electron chi connectivity index (χ2n) is 4.01. The van der Waals surface area contributed by atoms with Gasteiger partial charge in [0.05, 0.1) is 32.1 Å². The molecule has 1 unspecified atom stereocenters. The van der Waals surface area contributed by atoms with Crippen molar-refractivity contribution in [3.05, 3.63) is 23.8 Å². The minimum atomic E-state index is -0.141. The van der Waals surface area contributed by atoms with Gasteiger partial charge in [-0.1, -0.05) is 0 Å². The molecule has 1 fully saturated rings. The van der Waals surface area contributed by atoms with Gasteiger partial charge in [0, 0.05) is 26.4 Å². The molecule has 1 aliphatic rings. The lowest BCUT2D eigenvalue weighted by atomic mass is 10.3. The fourth-order valence-corrected chi connectivity index (χ4v) is 1.69. The summed E-state index contributed by atoms with van der Waals surface area (Å²) in [4.78, 5) is 8.71. The molecule has 0 aliphatic carbocycles. The molecule has 0 spiro atoms. The number of nitrogens with one attached hydrogen (secondary N) is 1. The van der Waals surface area contributed by atoms with Crippen molar-refractivity contribution in [2.75, 3.05) is 40.1 Å². The van der Waals surface area contributed by atoms with Crippen molar-refractivity contribution in [1.29, 1.82) is 0 Å². The fourth-order valence-electron chi connectivity index (χ4n) is 1.69. The first-order valence-electron chi connectivity index (χ1n) is 6.11. The molecular weight excluding hydrogens is 234 g/mol. The van der Waals surface area contributed by atoms with Gasteiger partial charge in [-0.3, -0.25) is 0 Å². The van der Waals surface area contributed by atoms with E-state index in [1.807, 2.05) is 6.07 Å². The van der Waals surface area contributed by atoms with Gasteiger partial charge >= 0.3 is 0 Å². The van der Waals surface area contributed by atoms with E-state index in [4.69, 9.17) is 14.2 Å². The second kappa shape index (κ2) is 7.38. The Hall–Kier alpha value is -1.08. The van der Waals surface area contributed by atoms with Gasteiger partial charge in [-0.2, -0.15) is 0 Å². The average molecular weight is 253 g/mol. The van der Waals surface area contributed by atoms with Crippen LogP contribution in [0.3, 0.4) is 0 Å². The third-order valence-electron chi connectivity index (χ3n) is 2.62. The van der Waals surface area contributed by atoms with Gasteiger partial charge in [-0.05, 0) is 6.07 Å². The van der Waals surface area contributed by atoms with Gasteiger partial charge in [-0.25, -0.2) is 9.97 Å². The summed E-state index contributed by atoms with van der Waals surface area (Å²) in [5.74, 6) is 0.695. The molecule has 0 aromatic carbocycles. The predicted octanol–water partition coefficient (Wildman–Crippen LogP) is 0.300. The van der Waals surface area contributed by atoms with E-state index in [1.165, 1.54) is 0 Å². The van der Waals surface area contributed by atoms with E-state index < -0.39 is 0 Å². The van der Waals surface area contributed by atoms with Crippen LogP contribution in [0.25, 0.3) is 0 Å². The van der Waals surface area contributed by atoms with Gasteiger partial charge in [-0.15, -0.1) is 0 Å². The largest absolute Gasteiger partial charge is 0.383 e. The second-order valence-corrected chi connectivity index (χ2v) is 4.01. The number of hydrogen-bond donors (Lipinski definition) is 1. The van der Waals surface area contributed by atoms with Crippen molar-refractivity contribution in [2.24, 2.45) is 0 Å². The van der Waals surface area contributed by atoms with Crippen LogP contribution < -0.4 is 5.32 Å². The van der Waals surface area contributed by atoms with Crippen LogP contribution in [0.4, 0.5) is 0 Å². The molecule has 1 aromatic heterocycles. The highest BCUT2D eigenvalue weighted by molar-refractivity contribution is 5.04. The zero-order chi connectivity index (χ0) is 12.6. The maximum absolute atomic E-state index is 5.57. The highest BCUT2D eigenvalue weighted by Crippen LogP contribution is 2.16. The minimum Gasteiger partial charge on any atom is -0.383 e. The van der Waals surface area contributed by atoms with Crippen LogP contribution >= 0.6 is 0 Å². The Morgan fingerprint density at radius 1 is 1.50 bits per heavy atom. The third-order valence-corrected chi connectivity index (χ3v) is 2.62. The van der Waals surface area contributed by atoms with E-state index in [2.05, 4.69) is 15.3 Å². The number of ether oxygens (including phenoxy) is 3. The van der Waals surface area contributed by atoms with Crippen LogP contribution in [0, 0.1) is 0 Å². The molecule has 1 aliphatic heterocycles. The molecule has 0 amide bonds. The van der Waals surface area contributed by atoms with E-state index in [0.717, 1.165) is 12.2 Å². The van der Waals surface area contributed by atoms with E-state index in [-0.39, 0.29) is 6.10 Å². The molecule has 1 saturated heterocycles. The predicted molar refractivity (Wildman–Crippen MR) is 65.1 cm³/mol. The van der Waals surface area contributed by atoms with E-state index >= 15 is 0 Å². The minimum absolute atomic E-state index is 0.141. The molecule has 18 heavy (non-hydrogen) atoms. The van der Waals surface area contributed by atoms with Gasteiger partial charge in [0.1, 0.15) is 6.10 Å². The molecule has 6 nitrogen and oxygen atoms in total. The lowest BCUT2D eigenvalue weighted by molar-refractivity contribution is -0.0936. The highest BCUT2D eigenvalue weighted by atomic mass is 16.6. The quantitative estimate of drug-likeness (QED) is 0.736. The molecule has 1 N–H and O–H groups in total. The molecular formula is C12H19N3O3. The number of aromatic nitrogens is 2. The van der Waals surface area contributed by atoms with Gasteiger partial charge in [0.15, 0.2) is 5.82 Å². The summed E-state index contributed by atoms with van der Waals surface area (Å²) in [6.07, 6.45) is 1.62. The summed E-state index contributed by atoms with van der Waals surface area (Å²) in [5, 5.41) is 3.25. The molecule has 1 atom stereocenters. The van der Waals surface area contributed by atoms with Crippen molar-refractivity contribution >= 4 is 0 Å². The smallest absolute Gasteiger partial charge is 0.159 e. The molecule has 0 bridgehead atoms. The summed E-state index contributed by atoms with van der Waals surface area (Å²) in [6, 6.07) is 1.90. The van der Waals surface area contributed by atoms with Crippen molar-refractivity contribution in [3.8, 4) is 0 Å². The number of rotatable bonds is 6. The Labute approximate surface area is 107 Å². The molecule has 2 rings (SSSR count). The van der Waals surface area contributed by atoms with Crippen LogP contribution in [-0.4, -0.2) is 50.1 Å². The highest BCUT2D eigenvalue weighted by Gasteiger charge is 2.19. The maximum atomic E-state index is 5.57. The summed E-state index contributed by atoms with van der Waals surface area (Å²) in [5.41, 5.74) is 0.949.